The van der Waals surface area contributed by atoms with Crippen molar-refractivity contribution in [3.05, 3.63) is 66.7 Å². The molecule has 20 heavy (non-hydrogen) atoms. The second-order valence-electron chi connectivity index (χ2n) is 4.08. The molecule has 0 saturated carbocycles. The third-order valence-electron chi connectivity index (χ3n) is 2.59. The number of aryl methyl sites for hydroxylation is 1. The number of nitrogens with zero attached hydrogens (tertiary/aromatic N) is 2. The lowest BCUT2D eigenvalue weighted by molar-refractivity contribution is -0.128. The molecule has 100 valence electrons. The van der Waals surface area contributed by atoms with Gasteiger partial charge in [-0.1, -0.05) is 36.9 Å². The normalized spacial score (nSPS) is 10.4. The van der Waals surface area contributed by atoms with Gasteiger partial charge in [-0.15, -0.1) is 5.11 Å². The van der Waals surface area contributed by atoms with Crippen LogP contribution in [0.1, 0.15) is 5.56 Å². The molecule has 2 aromatic rings. The molecule has 0 spiro atoms. The van der Waals surface area contributed by atoms with E-state index in [9.17, 15) is 4.79 Å². The molecule has 0 atom stereocenters. The molecule has 2 rings (SSSR count). The Labute approximate surface area is 117 Å². The largest absolute Gasteiger partial charge is 0.421 e. The van der Waals surface area contributed by atoms with E-state index >= 15 is 0 Å². The van der Waals surface area contributed by atoms with E-state index < -0.39 is 5.97 Å². The van der Waals surface area contributed by atoms with Crippen LogP contribution >= 0.6 is 0 Å². The average Bonchev–Trinajstić information content (AvgIpc) is 2.48. The van der Waals surface area contributed by atoms with Crippen molar-refractivity contribution in [2.75, 3.05) is 0 Å². The smallest absolute Gasteiger partial charge is 0.335 e. The van der Waals surface area contributed by atoms with Gasteiger partial charge in [-0.2, -0.15) is 5.11 Å². The first-order valence-corrected chi connectivity index (χ1v) is 6.11. The number of hydrogen-bond donors (Lipinski definition) is 0. The fourth-order valence-corrected chi connectivity index (χ4v) is 1.60. The van der Waals surface area contributed by atoms with Gasteiger partial charge >= 0.3 is 5.97 Å². The predicted molar refractivity (Wildman–Crippen MR) is 77.6 cm³/mol. The molecule has 4 nitrogen and oxygen atoms in total. The predicted octanol–water partition coefficient (Wildman–Crippen LogP) is 4.50. The Morgan fingerprint density at radius 3 is 2.55 bits per heavy atom. The quantitative estimate of drug-likeness (QED) is 0.354. The van der Waals surface area contributed by atoms with Crippen molar-refractivity contribution in [3.63, 3.8) is 0 Å². The van der Waals surface area contributed by atoms with Crippen LogP contribution in [0.5, 0.6) is 5.75 Å². The zero-order valence-electron chi connectivity index (χ0n) is 11.1. The van der Waals surface area contributed by atoms with Crippen LogP contribution in [0, 0.1) is 6.92 Å². The van der Waals surface area contributed by atoms with Gasteiger partial charge in [0.2, 0.25) is 0 Å². The first-order chi connectivity index (χ1) is 9.70. The number of carbonyl (C=O) groups excluding carboxylic acids is 1. The van der Waals surface area contributed by atoms with Crippen LogP contribution in [0.4, 0.5) is 11.4 Å². The number of hydrogen-bond acceptors (Lipinski definition) is 4. The van der Waals surface area contributed by atoms with Crippen LogP contribution in [0.2, 0.25) is 0 Å². The van der Waals surface area contributed by atoms with Gasteiger partial charge in [0.25, 0.3) is 0 Å². The van der Waals surface area contributed by atoms with Gasteiger partial charge in [0.15, 0.2) is 5.75 Å². The topological polar surface area (TPSA) is 51.0 Å². The number of carbonyl (C=O) groups is 1. The summed E-state index contributed by atoms with van der Waals surface area (Å²) < 4.78 is 5.20. The summed E-state index contributed by atoms with van der Waals surface area (Å²) >= 11 is 0. The highest BCUT2D eigenvalue weighted by atomic mass is 16.5. The summed E-state index contributed by atoms with van der Waals surface area (Å²) in [5, 5.41) is 8.26. The van der Waals surface area contributed by atoms with E-state index in [4.69, 9.17) is 4.74 Å². The third-order valence-corrected chi connectivity index (χ3v) is 2.59. The van der Waals surface area contributed by atoms with Crippen molar-refractivity contribution in [3.8, 4) is 5.75 Å². The molecule has 0 N–H and O–H groups in total. The second-order valence-corrected chi connectivity index (χ2v) is 4.08. The van der Waals surface area contributed by atoms with Gasteiger partial charge in [-0.25, -0.2) is 4.79 Å². The first kappa shape index (κ1) is 13.7. The van der Waals surface area contributed by atoms with Crippen LogP contribution in [0.25, 0.3) is 0 Å². The maximum Gasteiger partial charge on any atom is 0.335 e. The van der Waals surface area contributed by atoms with E-state index in [1.807, 2.05) is 49.4 Å². The minimum atomic E-state index is -0.518. The van der Waals surface area contributed by atoms with Crippen molar-refractivity contribution in [2.45, 2.75) is 6.92 Å². The molecule has 0 aliphatic carbocycles. The molecule has 4 heteroatoms. The van der Waals surface area contributed by atoms with E-state index in [2.05, 4.69) is 16.8 Å². The lowest BCUT2D eigenvalue weighted by Crippen LogP contribution is -2.04. The number of rotatable bonds is 4. The number of para-hydroxylation sites is 1. The van der Waals surface area contributed by atoms with E-state index in [0.29, 0.717) is 11.4 Å². The minimum Gasteiger partial charge on any atom is -0.421 e. The zero-order chi connectivity index (χ0) is 14.4. The lowest BCUT2D eigenvalue weighted by Gasteiger charge is -2.07. The fraction of sp³-hybridized carbons (Fsp3) is 0.0625. The minimum absolute atomic E-state index is 0.400. The number of esters is 1. The number of ether oxygens (including phenoxy) is 1. The highest BCUT2D eigenvalue weighted by molar-refractivity contribution is 5.84. The molecule has 2 aromatic carbocycles. The summed E-state index contributed by atoms with van der Waals surface area (Å²) in [6.07, 6.45) is 1.12. The summed E-state index contributed by atoms with van der Waals surface area (Å²) in [7, 11) is 0. The van der Waals surface area contributed by atoms with Crippen LogP contribution in [-0.2, 0) is 4.79 Å². The van der Waals surface area contributed by atoms with Crippen LogP contribution in [0.3, 0.4) is 0 Å². The van der Waals surface area contributed by atoms with Crippen molar-refractivity contribution >= 4 is 17.3 Å². The SMILES string of the molecule is C=CC(=O)Oc1c(C)cccc1N=Nc1ccccc1. The van der Waals surface area contributed by atoms with Gasteiger partial charge in [0.05, 0.1) is 5.69 Å². The van der Waals surface area contributed by atoms with Gasteiger partial charge < -0.3 is 4.74 Å². The number of azo groups is 1. The zero-order valence-corrected chi connectivity index (χ0v) is 11.1. The summed E-state index contributed by atoms with van der Waals surface area (Å²) in [6.45, 7) is 5.22. The Kier molecular flexibility index (Phi) is 4.39. The molecule has 0 fully saturated rings. The average molecular weight is 266 g/mol. The highest BCUT2D eigenvalue weighted by Gasteiger charge is 2.09. The van der Waals surface area contributed by atoms with Gasteiger partial charge in [-0.3, -0.25) is 0 Å². The maximum atomic E-state index is 11.3. The second kappa shape index (κ2) is 6.43. The summed E-state index contributed by atoms with van der Waals surface area (Å²) in [6, 6.07) is 14.8. The molecule has 0 aliphatic heterocycles. The number of benzene rings is 2. The van der Waals surface area contributed by atoms with E-state index in [1.54, 1.807) is 6.07 Å². The van der Waals surface area contributed by atoms with E-state index in [-0.39, 0.29) is 0 Å². The first-order valence-electron chi connectivity index (χ1n) is 6.11. The Morgan fingerprint density at radius 2 is 1.85 bits per heavy atom. The van der Waals surface area contributed by atoms with Gasteiger partial charge in [0, 0.05) is 6.08 Å². The van der Waals surface area contributed by atoms with Crippen LogP contribution in [0.15, 0.2) is 71.4 Å². The molecule has 0 bridgehead atoms. The Morgan fingerprint density at radius 1 is 1.10 bits per heavy atom. The Bertz CT molecular complexity index is 649. The fourth-order valence-electron chi connectivity index (χ4n) is 1.60. The highest BCUT2D eigenvalue weighted by Crippen LogP contribution is 2.32. The van der Waals surface area contributed by atoms with Crippen molar-refractivity contribution < 1.29 is 9.53 Å². The van der Waals surface area contributed by atoms with Crippen LogP contribution in [-0.4, -0.2) is 5.97 Å². The van der Waals surface area contributed by atoms with Gasteiger partial charge in [0.1, 0.15) is 5.69 Å². The van der Waals surface area contributed by atoms with Crippen molar-refractivity contribution in [1.82, 2.24) is 0 Å². The van der Waals surface area contributed by atoms with Crippen molar-refractivity contribution in [2.24, 2.45) is 10.2 Å². The molecule has 0 aromatic heterocycles. The molecule has 0 saturated heterocycles. The van der Waals surface area contributed by atoms with Gasteiger partial charge in [-0.05, 0) is 30.7 Å². The molecule has 0 radical (unpaired) electrons. The monoisotopic (exact) mass is 266 g/mol. The molecular formula is C16H14N2O2. The summed E-state index contributed by atoms with van der Waals surface area (Å²) in [5.41, 5.74) is 2.05. The molecule has 0 heterocycles. The third kappa shape index (κ3) is 3.38. The standard InChI is InChI=1S/C16H14N2O2/c1-3-15(19)20-16-12(2)8-7-11-14(16)18-17-13-9-5-4-6-10-13/h3-11H,1H2,2H3. The molecule has 0 amide bonds. The Balaban J connectivity index is 2.32. The summed E-state index contributed by atoms with van der Waals surface area (Å²) in [5.74, 6) is -0.118. The van der Waals surface area contributed by atoms with E-state index in [0.717, 1.165) is 17.3 Å². The lowest BCUT2D eigenvalue weighted by atomic mass is 10.2. The molecule has 0 aliphatic rings. The maximum absolute atomic E-state index is 11.3. The Hall–Kier alpha value is -2.75. The van der Waals surface area contributed by atoms with Crippen molar-refractivity contribution in [1.29, 1.82) is 0 Å². The molecular weight excluding hydrogens is 252 g/mol. The summed E-state index contributed by atoms with van der Waals surface area (Å²) in [4.78, 5) is 11.3. The van der Waals surface area contributed by atoms with Crippen LogP contribution < -0.4 is 4.74 Å². The molecule has 0 unspecified atom stereocenters. The van der Waals surface area contributed by atoms with E-state index in [1.165, 1.54) is 0 Å².